The zero-order valence-corrected chi connectivity index (χ0v) is 9.14. The molecule has 0 radical (unpaired) electrons. The third-order valence-corrected chi connectivity index (χ3v) is 2.45. The molecule has 0 atom stereocenters. The van der Waals surface area contributed by atoms with E-state index in [9.17, 15) is 13.6 Å². The molecule has 0 fully saturated rings. The Labute approximate surface area is 89.3 Å². The fraction of sp³-hybridized carbons (Fsp3) is 0.300. The third kappa shape index (κ3) is 2.18. The number of rotatable bonds is 3. The molecule has 4 heteroatoms. The molecule has 0 unspecified atom stereocenters. The van der Waals surface area contributed by atoms with Crippen LogP contribution in [0.5, 0.6) is 0 Å². The van der Waals surface area contributed by atoms with Crippen molar-refractivity contribution in [3.05, 3.63) is 34.9 Å². The fourth-order valence-corrected chi connectivity index (χ4v) is 1.60. The molecule has 14 heavy (non-hydrogen) atoms. The number of benzene rings is 1. The number of alkyl halides is 3. The summed E-state index contributed by atoms with van der Waals surface area (Å²) in [6.07, 6.45) is -2.60. The minimum atomic E-state index is -2.60. The van der Waals surface area contributed by atoms with Crippen LogP contribution in [0.1, 0.15) is 27.9 Å². The highest BCUT2D eigenvalue weighted by Gasteiger charge is 2.18. The number of halogens is 3. The van der Waals surface area contributed by atoms with Gasteiger partial charge in [-0.3, -0.25) is 4.79 Å². The lowest BCUT2D eigenvalue weighted by Crippen LogP contribution is -2.07. The Hall–Kier alpha value is -0.770. The van der Waals surface area contributed by atoms with Crippen LogP contribution >= 0.6 is 15.9 Å². The van der Waals surface area contributed by atoms with Crippen LogP contribution in [0.2, 0.25) is 0 Å². The average Bonchev–Trinajstić information content (AvgIpc) is 2.16. The van der Waals surface area contributed by atoms with E-state index in [1.165, 1.54) is 12.1 Å². The van der Waals surface area contributed by atoms with E-state index in [2.05, 4.69) is 15.9 Å². The second-order valence-corrected chi connectivity index (χ2v) is 3.46. The number of ketones is 1. The van der Waals surface area contributed by atoms with E-state index in [0.717, 1.165) is 0 Å². The molecule has 0 saturated carbocycles. The van der Waals surface area contributed by atoms with Gasteiger partial charge in [0.05, 0.1) is 5.33 Å². The number of hydrogen-bond acceptors (Lipinski definition) is 1. The smallest absolute Gasteiger partial charge is 0.264 e. The zero-order chi connectivity index (χ0) is 10.7. The van der Waals surface area contributed by atoms with Gasteiger partial charge in [-0.05, 0) is 12.5 Å². The van der Waals surface area contributed by atoms with Crippen molar-refractivity contribution < 1.29 is 13.6 Å². The molecule has 0 amide bonds. The van der Waals surface area contributed by atoms with Crippen LogP contribution in [-0.4, -0.2) is 11.1 Å². The van der Waals surface area contributed by atoms with Gasteiger partial charge < -0.3 is 0 Å². The molecular weight excluding hydrogens is 254 g/mol. The van der Waals surface area contributed by atoms with Gasteiger partial charge in [0.15, 0.2) is 5.78 Å². The van der Waals surface area contributed by atoms with Gasteiger partial charge in [-0.1, -0.05) is 34.1 Å². The molecule has 1 rings (SSSR count). The highest BCUT2D eigenvalue weighted by molar-refractivity contribution is 9.09. The molecule has 0 aromatic heterocycles. The highest BCUT2D eigenvalue weighted by Crippen LogP contribution is 2.25. The van der Waals surface area contributed by atoms with E-state index in [0.29, 0.717) is 5.56 Å². The van der Waals surface area contributed by atoms with Crippen LogP contribution in [0.15, 0.2) is 18.2 Å². The molecule has 76 valence electrons. The summed E-state index contributed by atoms with van der Waals surface area (Å²) in [7, 11) is 0. The van der Waals surface area contributed by atoms with Crippen molar-refractivity contribution in [3.8, 4) is 0 Å². The molecule has 0 N–H and O–H groups in total. The summed E-state index contributed by atoms with van der Waals surface area (Å²) in [5.41, 5.74) is 0.543. The van der Waals surface area contributed by atoms with Crippen LogP contribution in [0.4, 0.5) is 8.78 Å². The van der Waals surface area contributed by atoms with Crippen molar-refractivity contribution in [3.63, 3.8) is 0 Å². The van der Waals surface area contributed by atoms with E-state index in [-0.39, 0.29) is 22.2 Å². The van der Waals surface area contributed by atoms with Crippen molar-refractivity contribution in [2.75, 3.05) is 5.33 Å². The minimum absolute atomic E-state index is 0.0670. The molecule has 0 spiro atoms. The first-order chi connectivity index (χ1) is 6.57. The van der Waals surface area contributed by atoms with Gasteiger partial charge in [-0.15, -0.1) is 0 Å². The van der Waals surface area contributed by atoms with Crippen molar-refractivity contribution in [2.45, 2.75) is 13.3 Å². The summed E-state index contributed by atoms with van der Waals surface area (Å²) < 4.78 is 25.1. The van der Waals surface area contributed by atoms with E-state index >= 15 is 0 Å². The summed E-state index contributed by atoms with van der Waals surface area (Å²) in [6, 6.07) is 4.47. The van der Waals surface area contributed by atoms with Crippen molar-refractivity contribution in [1.29, 1.82) is 0 Å². The summed E-state index contributed by atoms with van der Waals surface area (Å²) in [6.45, 7) is 1.65. The van der Waals surface area contributed by atoms with E-state index < -0.39 is 6.43 Å². The largest absolute Gasteiger partial charge is 0.293 e. The summed E-state index contributed by atoms with van der Waals surface area (Å²) in [5, 5.41) is 0.0670. The van der Waals surface area contributed by atoms with Gasteiger partial charge in [0.25, 0.3) is 6.43 Å². The van der Waals surface area contributed by atoms with E-state index in [1.54, 1.807) is 13.0 Å². The second-order valence-electron chi connectivity index (χ2n) is 2.90. The lowest BCUT2D eigenvalue weighted by molar-refractivity contribution is 0.100. The fourth-order valence-electron chi connectivity index (χ4n) is 1.32. The lowest BCUT2D eigenvalue weighted by atomic mass is 9.99. The Morgan fingerprint density at radius 1 is 1.50 bits per heavy atom. The molecule has 0 bridgehead atoms. The Bertz CT molecular complexity index is 350. The van der Waals surface area contributed by atoms with Gasteiger partial charge >= 0.3 is 0 Å². The molecule has 0 aliphatic heterocycles. The lowest BCUT2D eigenvalue weighted by Gasteiger charge is -2.09. The molecule has 0 saturated heterocycles. The molecule has 1 nitrogen and oxygen atoms in total. The van der Waals surface area contributed by atoms with Gasteiger partial charge in [0.1, 0.15) is 0 Å². The van der Waals surface area contributed by atoms with Gasteiger partial charge in [0, 0.05) is 11.1 Å². The van der Waals surface area contributed by atoms with Crippen LogP contribution in [0.25, 0.3) is 0 Å². The maximum absolute atomic E-state index is 12.5. The topological polar surface area (TPSA) is 17.1 Å². The number of Topliss-reactive ketones (excluding diaryl/α,β-unsaturated/α-hetero) is 1. The average molecular weight is 263 g/mol. The van der Waals surface area contributed by atoms with Crippen LogP contribution in [0.3, 0.4) is 0 Å². The third-order valence-electron chi connectivity index (χ3n) is 1.94. The van der Waals surface area contributed by atoms with Gasteiger partial charge in [-0.2, -0.15) is 0 Å². The number of carbonyl (C=O) groups is 1. The standard InChI is InChI=1S/C10H9BrF2O/c1-6-3-2-4-7(10(12)13)9(6)8(14)5-11/h2-4,10H,5H2,1H3. The zero-order valence-electron chi connectivity index (χ0n) is 7.56. The first-order valence-corrected chi connectivity index (χ1v) is 5.17. The van der Waals surface area contributed by atoms with Crippen LogP contribution in [0, 0.1) is 6.92 Å². The Balaban J connectivity index is 3.29. The molecule has 0 heterocycles. The number of aryl methyl sites for hydroxylation is 1. The highest BCUT2D eigenvalue weighted by atomic mass is 79.9. The predicted molar refractivity (Wildman–Crippen MR) is 54.3 cm³/mol. The van der Waals surface area contributed by atoms with Gasteiger partial charge in [0.2, 0.25) is 0 Å². The van der Waals surface area contributed by atoms with Gasteiger partial charge in [-0.25, -0.2) is 8.78 Å². The van der Waals surface area contributed by atoms with Crippen LogP contribution < -0.4 is 0 Å². The Morgan fingerprint density at radius 3 is 2.64 bits per heavy atom. The van der Waals surface area contributed by atoms with Crippen LogP contribution in [-0.2, 0) is 0 Å². The molecule has 0 aliphatic rings. The maximum atomic E-state index is 12.5. The second kappa shape index (κ2) is 4.64. The Morgan fingerprint density at radius 2 is 2.14 bits per heavy atom. The molecule has 1 aromatic carbocycles. The first kappa shape index (κ1) is 11.3. The van der Waals surface area contributed by atoms with Crippen molar-refractivity contribution >= 4 is 21.7 Å². The van der Waals surface area contributed by atoms with E-state index in [1.807, 2.05) is 0 Å². The van der Waals surface area contributed by atoms with Crippen molar-refractivity contribution in [2.24, 2.45) is 0 Å². The molecular formula is C10H9BrF2O. The quantitative estimate of drug-likeness (QED) is 0.602. The summed E-state index contributed by atoms with van der Waals surface area (Å²) in [5.74, 6) is -0.307. The maximum Gasteiger partial charge on any atom is 0.264 e. The number of carbonyl (C=O) groups excluding carboxylic acids is 1. The predicted octanol–water partition coefficient (Wildman–Crippen LogP) is 3.51. The van der Waals surface area contributed by atoms with E-state index in [4.69, 9.17) is 0 Å². The monoisotopic (exact) mass is 262 g/mol. The summed E-state index contributed by atoms with van der Waals surface area (Å²) in [4.78, 5) is 11.4. The SMILES string of the molecule is Cc1cccc(C(F)F)c1C(=O)CBr. The number of hydrogen-bond donors (Lipinski definition) is 0. The normalized spacial score (nSPS) is 10.6. The minimum Gasteiger partial charge on any atom is -0.293 e. The van der Waals surface area contributed by atoms with Crippen molar-refractivity contribution in [1.82, 2.24) is 0 Å². The molecule has 0 aliphatic carbocycles. The Kier molecular flexibility index (Phi) is 3.75. The first-order valence-electron chi connectivity index (χ1n) is 4.04. The molecule has 1 aromatic rings. The summed E-state index contributed by atoms with van der Waals surface area (Å²) >= 11 is 2.97.